The second-order valence-corrected chi connectivity index (χ2v) is 7.17. The van der Waals surface area contributed by atoms with Crippen LogP contribution in [0.5, 0.6) is 0 Å². The van der Waals surface area contributed by atoms with Crippen LogP contribution in [-0.2, 0) is 17.6 Å². The molecule has 1 aliphatic heterocycles. The van der Waals surface area contributed by atoms with Gasteiger partial charge in [-0.25, -0.2) is 4.98 Å². The fourth-order valence-electron chi connectivity index (χ4n) is 3.09. The number of likely N-dealkylation sites (tertiary alicyclic amines) is 1. The van der Waals surface area contributed by atoms with Crippen LogP contribution in [0.1, 0.15) is 31.0 Å². The standard InChI is InChI=1S/C19H25N3OS.ClH/c1-3-14-4-6-15(7-5-14)19-21-17(13-24-19)12-18(23)22-10-8-16(20-2)9-11-22;/h4-7,13,16,20H,3,8-12H2,1-2H3;1H. The number of nitrogens with one attached hydrogen (secondary N) is 1. The fraction of sp³-hybridized carbons (Fsp3) is 0.474. The summed E-state index contributed by atoms with van der Waals surface area (Å²) >= 11 is 1.62. The molecule has 1 aromatic carbocycles. The van der Waals surface area contributed by atoms with Crippen molar-refractivity contribution in [1.29, 1.82) is 0 Å². The molecule has 0 aliphatic carbocycles. The normalized spacial score (nSPS) is 15.0. The van der Waals surface area contributed by atoms with Crippen molar-refractivity contribution in [2.75, 3.05) is 20.1 Å². The Labute approximate surface area is 160 Å². The van der Waals surface area contributed by atoms with Crippen LogP contribution in [-0.4, -0.2) is 42.0 Å². The lowest BCUT2D eigenvalue weighted by atomic mass is 10.0. The van der Waals surface area contributed by atoms with Crippen LogP contribution in [0.25, 0.3) is 10.6 Å². The third kappa shape index (κ3) is 5.03. The number of carbonyl (C=O) groups is 1. The smallest absolute Gasteiger partial charge is 0.228 e. The van der Waals surface area contributed by atoms with Crippen molar-refractivity contribution in [2.24, 2.45) is 0 Å². The molecule has 0 bridgehead atoms. The van der Waals surface area contributed by atoms with Gasteiger partial charge in [-0.2, -0.15) is 0 Å². The van der Waals surface area contributed by atoms with E-state index in [2.05, 4.69) is 41.5 Å². The number of thiazole rings is 1. The summed E-state index contributed by atoms with van der Waals surface area (Å²) in [5.41, 5.74) is 3.34. The molecule has 1 N–H and O–H groups in total. The SMILES string of the molecule is CCc1ccc(-c2nc(CC(=O)N3CCC(NC)CC3)cs2)cc1.Cl. The lowest BCUT2D eigenvalue weighted by Gasteiger charge is -2.31. The van der Waals surface area contributed by atoms with E-state index in [1.54, 1.807) is 11.3 Å². The van der Waals surface area contributed by atoms with Crippen molar-refractivity contribution >= 4 is 29.7 Å². The van der Waals surface area contributed by atoms with E-state index in [0.717, 1.165) is 48.6 Å². The van der Waals surface area contributed by atoms with Crippen molar-refractivity contribution in [3.63, 3.8) is 0 Å². The number of hydrogen-bond donors (Lipinski definition) is 1. The number of carbonyl (C=O) groups excluding carboxylic acids is 1. The maximum Gasteiger partial charge on any atom is 0.228 e. The van der Waals surface area contributed by atoms with Gasteiger partial charge in [0, 0.05) is 30.1 Å². The molecular formula is C19H26ClN3OS. The van der Waals surface area contributed by atoms with Crippen LogP contribution in [0, 0.1) is 0 Å². The summed E-state index contributed by atoms with van der Waals surface area (Å²) in [5, 5.41) is 6.30. The van der Waals surface area contributed by atoms with E-state index in [1.807, 2.05) is 17.3 Å². The highest BCUT2D eigenvalue weighted by Crippen LogP contribution is 2.24. The number of benzene rings is 1. The highest BCUT2D eigenvalue weighted by Gasteiger charge is 2.22. The molecule has 0 atom stereocenters. The van der Waals surface area contributed by atoms with E-state index >= 15 is 0 Å². The van der Waals surface area contributed by atoms with Crippen molar-refractivity contribution < 1.29 is 4.79 Å². The molecule has 25 heavy (non-hydrogen) atoms. The van der Waals surface area contributed by atoms with Crippen molar-refractivity contribution in [3.05, 3.63) is 40.9 Å². The van der Waals surface area contributed by atoms with Gasteiger partial charge in [-0.1, -0.05) is 31.2 Å². The van der Waals surface area contributed by atoms with Crippen molar-refractivity contribution in [3.8, 4) is 10.6 Å². The summed E-state index contributed by atoms with van der Waals surface area (Å²) < 4.78 is 0. The third-order valence-corrected chi connectivity index (χ3v) is 5.69. The largest absolute Gasteiger partial charge is 0.342 e. The first-order chi connectivity index (χ1) is 11.7. The molecule has 1 saturated heterocycles. The number of rotatable bonds is 5. The average molecular weight is 380 g/mol. The Morgan fingerprint density at radius 3 is 2.56 bits per heavy atom. The molecule has 136 valence electrons. The van der Waals surface area contributed by atoms with Gasteiger partial charge in [-0.3, -0.25) is 4.79 Å². The third-order valence-electron chi connectivity index (χ3n) is 4.75. The van der Waals surface area contributed by atoms with Crippen LogP contribution in [0.3, 0.4) is 0 Å². The fourth-order valence-corrected chi connectivity index (χ4v) is 3.91. The Morgan fingerprint density at radius 1 is 1.28 bits per heavy atom. The number of aromatic nitrogens is 1. The molecule has 4 nitrogen and oxygen atoms in total. The first-order valence-corrected chi connectivity index (χ1v) is 9.56. The number of nitrogens with zero attached hydrogens (tertiary/aromatic N) is 2. The van der Waals surface area contributed by atoms with Crippen LogP contribution in [0.2, 0.25) is 0 Å². The highest BCUT2D eigenvalue weighted by atomic mass is 35.5. The van der Waals surface area contributed by atoms with Crippen LogP contribution >= 0.6 is 23.7 Å². The molecular weight excluding hydrogens is 354 g/mol. The monoisotopic (exact) mass is 379 g/mol. The highest BCUT2D eigenvalue weighted by molar-refractivity contribution is 7.13. The second-order valence-electron chi connectivity index (χ2n) is 6.31. The van der Waals surface area contributed by atoms with Crippen LogP contribution in [0.4, 0.5) is 0 Å². The van der Waals surface area contributed by atoms with Crippen LogP contribution in [0.15, 0.2) is 29.6 Å². The Balaban J connectivity index is 0.00000225. The zero-order valence-corrected chi connectivity index (χ0v) is 16.5. The summed E-state index contributed by atoms with van der Waals surface area (Å²) in [6.07, 6.45) is 3.53. The molecule has 0 radical (unpaired) electrons. The van der Waals surface area contributed by atoms with Crippen LogP contribution < -0.4 is 5.32 Å². The molecule has 6 heteroatoms. The maximum atomic E-state index is 12.5. The minimum atomic E-state index is 0. The minimum absolute atomic E-state index is 0. The molecule has 1 aliphatic rings. The molecule has 0 saturated carbocycles. The first kappa shape index (κ1) is 19.9. The lowest BCUT2D eigenvalue weighted by molar-refractivity contribution is -0.131. The summed E-state index contributed by atoms with van der Waals surface area (Å²) in [4.78, 5) is 19.1. The number of hydrogen-bond acceptors (Lipinski definition) is 4. The molecule has 2 aromatic rings. The van der Waals surface area contributed by atoms with Gasteiger partial charge in [0.15, 0.2) is 0 Å². The number of aryl methyl sites for hydroxylation is 1. The van der Waals surface area contributed by atoms with Gasteiger partial charge in [-0.05, 0) is 31.9 Å². The van der Waals surface area contributed by atoms with Crippen molar-refractivity contribution in [2.45, 2.75) is 38.6 Å². The molecule has 1 fully saturated rings. The predicted molar refractivity (Wildman–Crippen MR) is 107 cm³/mol. The molecule has 1 aromatic heterocycles. The van der Waals surface area contributed by atoms with E-state index in [1.165, 1.54) is 5.56 Å². The minimum Gasteiger partial charge on any atom is -0.342 e. The lowest BCUT2D eigenvalue weighted by Crippen LogP contribution is -2.44. The molecule has 1 amide bonds. The van der Waals surface area contributed by atoms with Gasteiger partial charge < -0.3 is 10.2 Å². The average Bonchev–Trinajstić information content (AvgIpc) is 3.10. The van der Waals surface area contributed by atoms with E-state index in [9.17, 15) is 4.79 Å². The van der Waals surface area contributed by atoms with E-state index in [-0.39, 0.29) is 18.3 Å². The Bertz CT molecular complexity index is 678. The van der Waals surface area contributed by atoms with Gasteiger partial charge in [0.1, 0.15) is 5.01 Å². The van der Waals surface area contributed by atoms with Crippen molar-refractivity contribution in [1.82, 2.24) is 15.2 Å². The zero-order valence-electron chi connectivity index (χ0n) is 14.8. The summed E-state index contributed by atoms with van der Waals surface area (Å²) in [5.74, 6) is 0.197. The van der Waals surface area contributed by atoms with Gasteiger partial charge in [-0.15, -0.1) is 23.7 Å². The Kier molecular flexibility index (Phi) is 7.41. The Morgan fingerprint density at radius 2 is 1.96 bits per heavy atom. The van der Waals surface area contributed by atoms with E-state index in [0.29, 0.717) is 12.5 Å². The molecule has 0 unspecified atom stereocenters. The van der Waals surface area contributed by atoms with Gasteiger partial charge in [0.2, 0.25) is 5.91 Å². The second kappa shape index (κ2) is 9.32. The van der Waals surface area contributed by atoms with E-state index < -0.39 is 0 Å². The Hall–Kier alpha value is -1.43. The quantitative estimate of drug-likeness (QED) is 0.864. The molecule has 2 heterocycles. The van der Waals surface area contributed by atoms with Gasteiger partial charge in [0.05, 0.1) is 12.1 Å². The van der Waals surface area contributed by atoms with Gasteiger partial charge >= 0.3 is 0 Å². The topological polar surface area (TPSA) is 45.2 Å². The van der Waals surface area contributed by atoms with Gasteiger partial charge in [0.25, 0.3) is 0 Å². The number of amides is 1. The molecule has 3 rings (SSSR count). The summed E-state index contributed by atoms with van der Waals surface area (Å²) in [6, 6.07) is 9.07. The predicted octanol–water partition coefficient (Wildman–Crippen LogP) is 3.55. The number of piperidine rings is 1. The maximum absolute atomic E-state index is 12.5. The molecule has 0 spiro atoms. The summed E-state index contributed by atoms with van der Waals surface area (Å²) in [7, 11) is 1.99. The summed E-state index contributed by atoms with van der Waals surface area (Å²) in [6.45, 7) is 3.85. The first-order valence-electron chi connectivity index (χ1n) is 8.68. The zero-order chi connectivity index (χ0) is 16.9. The van der Waals surface area contributed by atoms with E-state index in [4.69, 9.17) is 0 Å². The number of halogens is 1.